The number of nitrogens with one attached hydrogen (secondary N) is 1. The molecule has 1 amide bonds. The second kappa shape index (κ2) is 7.05. The van der Waals surface area contributed by atoms with E-state index in [2.05, 4.69) is 12.2 Å². The van der Waals surface area contributed by atoms with E-state index in [1.165, 1.54) is 12.1 Å². The van der Waals surface area contributed by atoms with E-state index < -0.39 is 0 Å². The van der Waals surface area contributed by atoms with Crippen LogP contribution >= 0.6 is 0 Å². The Morgan fingerprint density at radius 2 is 2.18 bits per heavy atom. The van der Waals surface area contributed by atoms with E-state index in [4.69, 9.17) is 0 Å². The molecule has 0 aliphatic rings. The molecule has 17 heavy (non-hydrogen) atoms. The average molecular weight is 237 g/mol. The van der Waals surface area contributed by atoms with Gasteiger partial charge < -0.3 is 5.32 Å². The van der Waals surface area contributed by atoms with Crippen molar-refractivity contribution in [2.24, 2.45) is 5.92 Å². The first-order valence-corrected chi connectivity index (χ1v) is 6.23. The Labute approximate surface area is 102 Å². The van der Waals surface area contributed by atoms with E-state index in [0.29, 0.717) is 5.69 Å². The highest BCUT2D eigenvalue weighted by molar-refractivity contribution is 5.92. The highest BCUT2D eigenvalue weighted by Crippen LogP contribution is 2.16. The molecule has 0 aliphatic heterocycles. The van der Waals surface area contributed by atoms with Gasteiger partial charge in [0.2, 0.25) is 5.91 Å². The summed E-state index contributed by atoms with van der Waals surface area (Å²) in [5.74, 6) is -0.311. The summed E-state index contributed by atoms with van der Waals surface area (Å²) in [6, 6.07) is 6.00. The van der Waals surface area contributed by atoms with Gasteiger partial charge in [0.15, 0.2) is 0 Å². The van der Waals surface area contributed by atoms with Gasteiger partial charge in [-0.15, -0.1) is 0 Å². The van der Waals surface area contributed by atoms with Gasteiger partial charge in [-0.1, -0.05) is 32.8 Å². The Morgan fingerprint density at radius 1 is 1.41 bits per heavy atom. The molecule has 1 atom stereocenters. The predicted octanol–water partition coefficient (Wildman–Crippen LogP) is 3.98. The standard InChI is InChI=1S/C14H20FNO/c1-3-5-7-11(4-2)14(17)16-13-9-6-8-12(15)10-13/h6,8-11H,3-5,7H2,1-2H3,(H,16,17)/t11-/m0/s1. The molecular weight excluding hydrogens is 217 g/mol. The largest absolute Gasteiger partial charge is 0.326 e. The maximum absolute atomic E-state index is 13.0. The summed E-state index contributed by atoms with van der Waals surface area (Å²) < 4.78 is 13.0. The third-order valence-corrected chi connectivity index (χ3v) is 2.86. The minimum Gasteiger partial charge on any atom is -0.326 e. The second-order valence-electron chi connectivity index (χ2n) is 4.25. The van der Waals surface area contributed by atoms with Crippen LogP contribution in [0.1, 0.15) is 39.5 Å². The fraction of sp³-hybridized carbons (Fsp3) is 0.500. The molecule has 2 nitrogen and oxygen atoms in total. The van der Waals surface area contributed by atoms with Gasteiger partial charge in [-0.05, 0) is 31.0 Å². The molecule has 0 bridgehead atoms. The van der Waals surface area contributed by atoms with E-state index in [9.17, 15) is 9.18 Å². The highest BCUT2D eigenvalue weighted by Gasteiger charge is 2.15. The number of hydrogen-bond acceptors (Lipinski definition) is 1. The molecular formula is C14H20FNO. The average Bonchev–Trinajstić information content (AvgIpc) is 2.30. The molecule has 0 fully saturated rings. The number of amides is 1. The van der Waals surface area contributed by atoms with Crippen LogP contribution in [0.3, 0.4) is 0 Å². The second-order valence-corrected chi connectivity index (χ2v) is 4.25. The number of hydrogen-bond donors (Lipinski definition) is 1. The minimum absolute atomic E-state index is 0.00782. The van der Waals surface area contributed by atoms with Crippen LogP contribution < -0.4 is 5.32 Å². The van der Waals surface area contributed by atoms with Crippen LogP contribution in [-0.4, -0.2) is 5.91 Å². The zero-order valence-corrected chi connectivity index (χ0v) is 10.5. The summed E-state index contributed by atoms with van der Waals surface area (Å²) in [7, 11) is 0. The molecule has 0 heterocycles. The lowest BCUT2D eigenvalue weighted by atomic mass is 9.98. The predicted molar refractivity (Wildman–Crippen MR) is 68.3 cm³/mol. The van der Waals surface area contributed by atoms with E-state index in [0.717, 1.165) is 25.7 Å². The normalized spacial score (nSPS) is 12.2. The monoisotopic (exact) mass is 237 g/mol. The van der Waals surface area contributed by atoms with Crippen LogP contribution in [0, 0.1) is 11.7 Å². The smallest absolute Gasteiger partial charge is 0.227 e. The summed E-state index contributed by atoms with van der Waals surface area (Å²) in [5.41, 5.74) is 0.532. The minimum atomic E-state index is -0.329. The first-order chi connectivity index (χ1) is 8.17. The van der Waals surface area contributed by atoms with Gasteiger partial charge in [0.25, 0.3) is 0 Å². The van der Waals surface area contributed by atoms with Crippen LogP contribution in [0.25, 0.3) is 0 Å². The Hall–Kier alpha value is -1.38. The van der Waals surface area contributed by atoms with Gasteiger partial charge in [0, 0.05) is 11.6 Å². The lowest BCUT2D eigenvalue weighted by Crippen LogP contribution is -2.22. The van der Waals surface area contributed by atoms with Crippen molar-refractivity contribution in [2.75, 3.05) is 5.32 Å². The molecule has 0 saturated heterocycles. The Morgan fingerprint density at radius 3 is 2.76 bits per heavy atom. The summed E-state index contributed by atoms with van der Waals surface area (Å²) in [5, 5.41) is 2.76. The quantitative estimate of drug-likeness (QED) is 0.796. The van der Waals surface area contributed by atoms with Crippen LogP contribution in [0.4, 0.5) is 10.1 Å². The third kappa shape index (κ3) is 4.55. The van der Waals surface area contributed by atoms with E-state index in [1.54, 1.807) is 12.1 Å². The number of rotatable bonds is 6. The maximum Gasteiger partial charge on any atom is 0.227 e. The molecule has 0 saturated carbocycles. The van der Waals surface area contributed by atoms with E-state index in [1.807, 2.05) is 6.92 Å². The Kier molecular flexibility index (Phi) is 5.67. The van der Waals surface area contributed by atoms with Crippen molar-refractivity contribution in [1.29, 1.82) is 0 Å². The molecule has 1 aromatic rings. The van der Waals surface area contributed by atoms with Crippen molar-refractivity contribution in [1.82, 2.24) is 0 Å². The van der Waals surface area contributed by atoms with Crippen LogP contribution in [0.15, 0.2) is 24.3 Å². The number of unbranched alkanes of at least 4 members (excludes halogenated alkanes) is 1. The summed E-state index contributed by atoms with van der Waals surface area (Å²) in [4.78, 5) is 11.9. The molecule has 3 heteroatoms. The lowest BCUT2D eigenvalue weighted by molar-refractivity contribution is -0.120. The number of carbonyl (C=O) groups is 1. The summed E-state index contributed by atoms with van der Waals surface area (Å²) >= 11 is 0. The third-order valence-electron chi connectivity index (χ3n) is 2.86. The Balaban J connectivity index is 2.57. The van der Waals surface area contributed by atoms with Crippen molar-refractivity contribution < 1.29 is 9.18 Å². The van der Waals surface area contributed by atoms with Gasteiger partial charge in [-0.2, -0.15) is 0 Å². The van der Waals surface area contributed by atoms with Gasteiger partial charge in [0.1, 0.15) is 5.82 Å². The number of carbonyl (C=O) groups excluding carboxylic acids is 1. The number of halogens is 1. The molecule has 0 radical (unpaired) electrons. The number of anilines is 1. The summed E-state index contributed by atoms with van der Waals surface area (Å²) in [6.45, 7) is 4.11. The SMILES string of the molecule is CCCC[C@H](CC)C(=O)Nc1cccc(F)c1. The molecule has 0 unspecified atom stereocenters. The van der Waals surface area contributed by atoms with Crippen LogP contribution in [0.2, 0.25) is 0 Å². The molecule has 1 rings (SSSR count). The van der Waals surface area contributed by atoms with Crippen molar-refractivity contribution in [2.45, 2.75) is 39.5 Å². The molecule has 0 aliphatic carbocycles. The molecule has 0 spiro atoms. The van der Waals surface area contributed by atoms with Gasteiger partial charge in [-0.3, -0.25) is 4.79 Å². The Bertz CT molecular complexity index is 365. The first-order valence-electron chi connectivity index (χ1n) is 6.23. The summed E-state index contributed by atoms with van der Waals surface area (Å²) in [6.07, 6.45) is 3.86. The fourth-order valence-corrected chi connectivity index (χ4v) is 1.78. The van der Waals surface area contributed by atoms with Crippen molar-refractivity contribution in [3.05, 3.63) is 30.1 Å². The lowest BCUT2D eigenvalue weighted by Gasteiger charge is -2.14. The maximum atomic E-state index is 13.0. The topological polar surface area (TPSA) is 29.1 Å². The van der Waals surface area contributed by atoms with Crippen molar-refractivity contribution in [3.8, 4) is 0 Å². The number of benzene rings is 1. The molecule has 1 N–H and O–H groups in total. The fourth-order valence-electron chi connectivity index (χ4n) is 1.78. The molecule has 94 valence electrons. The van der Waals surface area contributed by atoms with Crippen LogP contribution in [-0.2, 0) is 4.79 Å². The van der Waals surface area contributed by atoms with Crippen LogP contribution in [0.5, 0.6) is 0 Å². The zero-order chi connectivity index (χ0) is 12.7. The highest BCUT2D eigenvalue weighted by atomic mass is 19.1. The molecule has 1 aromatic carbocycles. The van der Waals surface area contributed by atoms with E-state index >= 15 is 0 Å². The van der Waals surface area contributed by atoms with Crippen molar-refractivity contribution >= 4 is 11.6 Å². The van der Waals surface area contributed by atoms with Gasteiger partial charge >= 0.3 is 0 Å². The first kappa shape index (κ1) is 13.7. The molecule has 0 aromatic heterocycles. The van der Waals surface area contributed by atoms with E-state index in [-0.39, 0.29) is 17.6 Å². The van der Waals surface area contributed by atoms with Gasteiger partial charge in [-0.25, -0.2) is 4.39 Å². The van der Waals surface area contributed by atoms with Gasteiger partial charge in [0.05, 0.1) is 0 Å². The van der Waals surface area contributed by atoms with Crippen molar-refractivity contribution in [3.63, 3.8) is 0 Å². The zero-order valence-electron chi connectivity index (χ0n) is 10.5.